The summed E-state index contributed by atoms with van der Waals surface area (Å²) < 4.78 is 33.1. The molecule has 0 unspecified atom stereocenters. The van der Waals surface area contributed by atoms with Crippen LogP contribution in [0.3, 0.4) is 0 Å². The number of unbranched alkanes of at least 4 members (excludes halogenated alkanes) is 30. The van der Waals surface area contributed by atoms with Gasteiger partial charge in [0.25, 0.3) is 0 Å². The Hall–Kier alpha value is -0.210. The van der Waals surface area contributed by atoms with E-state index in [1.165, 1.54) is 225 Å². The second kappa shape index (κ2) is 39.6. The zero-order valence-corrected chi connectivity index (χ0v) is 33.9. The summed E-state index contributed by atoms with van der Waals surface area (Å²) in [6.07, 6.45) is 45.9. The number of nitrogens with zero attached hydrogens (tertiary/aromatic N) is 1. The molecule has 0 bridgehead atoms. The van der Waals surface area contributed by atoms with Gasteiger partial charge in [-0.3, -0.25) is 4.18 Å². The number of aliphatic hydroxyl groups excluding tert-OH is 1. The Labute approximate surface area is 302 Å². The van der Waals surface area contributed by atoms with Crippen molar-refractivity contribution in [1.29, 1.82) is 0 Å². The maximum atomic E-state index is 9.66. The Kier molecular flexibility index (Phi) is 41.1. The highest BCUT2D eigenvalue weighted by Gasteiger charge is 2.19. The molecule has 0 aromatic carbocycles. The van der Waals surface area contributed by atoms with E-state index in [1.54, 1.807) is 0 Å². The first kappa shape index (κ1) is 49.9. The lowest BCUT2D eigenvalue weighted by Crippen LogP contribution is -2.47. The van der Waals surface area contributed by atoms with E-state index in [9.17, 15) is 18.1 Å². The summed E-state index contributed by atoms with van der Waals surface area (Å²) in [5.41, 5.74) is 0. The molecular formula is C41H87NO5S. The van der Waals surface area contributed by atoms with E-state index < -0.39 is 10.4 Å². The molecule has 0 aromatic rings. The standard InChI is InChI=1S/C39H82NO.C2H6O4S/c1-4-6-8-10-12-14-16-18-20-22-24-26-28-30-32-34-36-40(3,38-39-41)37-35-33-31-29-27-25-23-21-19-17-15-13-11-9-7-5-2;1-2-6-7(3,4)5/h41H,4-39H2,1-3H3;2H2,1H3,(H,3,4,5)/q+1;/p-1. The minimum atomic E-state index is -4.42. The van der Waals surface area contributed by atoms with Crippen LogP contribution in [0.5, 0.6) is 0 Å². The van der Waals surface area contributed by atoms with E-state index in [0.717, 1.165) is 11.0 Å². The normalized spacial score (nSPS) is 12.0. The largest absolute Gasteiger partial charge is 0.726 e. The van der Waals surface area contributed by atoms with Gasteiger partial charge in [0, 0.05) is 0 Å². The summed E-state index contributed by atoms with van der Waals surface area (Å²) in [7, 11) is -2.03. The number of hydrogen-bond acceptors (Lipinski definition) is 5. The number of aliphatic hydroxyl groups is 1. The molecule has 0 aromatic heterocycles. The predicted molar refractivity (Wildman–Crippen MR) is 208 cm³/mol. The van der Waals surface area contributed by atoms with Crippen LogP contribution in [0, 0.1) is 0 Å². The van der Waals surface area contributed by atoms with Crippen LogP contribution in [0.15, 0.2) is 0 Å². The minimum Gasteiger partial charge on any atom is -0.726 e. The van der Waals surface area contributed by atoms with Crippen molar-refractivity contribution in [2.45, 2.75) is 226 Å². The third kappa shape index (κ3) is 43.8. The summed E-state index contributed by atoms with van der Waals surface area (Å²) in [4.78, 5) is 0. The quantitative estimate of drug-likeness (QED) is 0.0299. The van der Waals surface area contributed by atoms with Crippen LogP contribution in [0.2, 0.25) is 0 Å². The average Bonchev–Trinajstić information content (AvgIpc) is 3.04. The van der Waals surface area contributed by atoms with Crippen LogP contribution in [0.4, 0.5) is 0 Å². The second-order valence-electron chi connectivity index (χ2n) is 14.9. The molecule has 1 N–H and O–H groups in total. The van der Waals surface area contributed by atoms with Gasteiger partial charge in [0.15, 0.2) is 0 Å². The maximum absolute atomic E-state index is 9.66. The van der Waals surface area contributed by atoms with Crippen molar-refractivity contribution in [3.8, 4) is 0 Å². The fourth-order valence-electron chi connectivity index (χ4n) is 6.80. The molecule has 0 aliphatic carbocycles. The molecule has 0 rings (SSSR count). The molecule has 0 aliphatic rings. The molecule has 0 heterocycles. The van der Waals surface area contributed by atoms with Crippen molar-refractivity contribution in [2.75, 3.05) is 39.9 Å². The van der Waals surface area contributed by atoms with Crippen LogP contribution < -0.4 is 0 Å². The van der Waals surface area contributed by atoms with Gasteiger partial charge in [-0.05, 0) is 32.6 Å². The third-order valence-corrected chi connectivity index (χ3v) is 10.5. The van der Waals surface area contributed by atoms with Crippen molar-refractivity contribution in [2.24, 2.45) is 0 Å². The molecule has 0 atom stereocenters. The van der Waals surface area contributed by atoms with Crippen molar-refractivity contribution in [3.05, 3.63) is 0 Å². The van der Waals surface area contributed by atoms with Crippen LogP contribution >= 0.6 is 0 Å². The van der Waals surface area contributed by atoms with Gasteiger partial charge in [-0.15, -0.1) is 0 Å². The van der Waals surface area contributed by atoms with Crippen LogP contribution in [-0.4, -0.2) is 62.5 Å². The lowest BCUT2D eigenvalue weighted by atomic mass is 10.0. The summed E-state index contributed by atoms with van der Waals surface area (Å²) in [5, 5.41) is 9.66. The van der Waals surface area contributed by atoms with E-state index in [1.807, 2.05) is 0 Å². The molecule has 7 heteroatoms. The molecule has 48 heavy (non-hydrogen) atoms. The van der Waals surface area contributed by atoms with Crippen molar-refractivity contribution < 1.29 is 26.7 Å². The number of hydrogen-bond donors (Lipinski definition) is 1. The van der Waals surface area contributed by atoms with Crippen molar-refractivity contribution in [3.63, 3.8) is 0 Å². The van der Waals surface area contributed by atoms with E-state index in [-0.39, 0.29) is 6.61 Å². The third-order valence-electron chi connectivity index (χ3n) is 10.0. The summed E-state index contributed by atoms with van der Waals surface area (Å²) in [6, 6.07) is 0. The Morgan fingerprint density at radius 2 is 0.667 bits per heavy atom. The van der Waals surface area contributed by atoms with Gasteiger partial charge < -0.3 is 14.1 Å². The molecule has 0 saturated carbocycles. The molecule has 0 saturated heterocycles. The zero-order chi connectivity index (χ0) is 35.9. The van der Waals surface area contributed by atoms with Gasteiger partial charge in [-0.25, -0.2) is 8.42 Å². The first-order valence-corrected chi connectivity index (χ1v) is 22.6. The van der Waals surface area contributed by atoms with E-state index in [0.29, 0.717) is 6.61 Å². The monoisotopic (exact) mass is 706 g/mol. The molecule has 292 valence electrons. The molecule has 0 spiro atoms. The molecular weight excluding hydrogens is 619 g/mol. The van der Waals surface area contributed by atoms with Gasteiger partial charge in [-0.1, -0.05) is 194 Å². The lowest BCUT2D eigenvalue weighted by molar-refractivity contribution is -0.910. The summed E-state index contributed by atoms with van der Waals surface area (Å²) in [5.74, 6) is 0. The highest BCUT2D eigenvalue weighted by atomic mass is 32.3. The van der Waals surface area contributed by atoms with Gasteiger partial charge in [0.2, 0.25) is 10.4 Å². The number of rotatable bonds is 38. The molecule has 0 fully saturated rings. The van der Waals surface area contributed by atoms with Crippen LogP contribution in [0.1, 0.15) is 226 Å². The van der Waals surface area contributed by atoms with Gasteiger partial charge in [-0.2, -0.15) is 0 Å². The van der Waals surface area contributed by atoms with Crippen LogP contribution in [0.25, 0.3) is 0 Å². The number of likely N-dealkylation sites (N-methyl/N-ethyl adjacent to an activating group) is 1. The summed E-state index contributed by atoms with van der Waals surface area (Å²) in [6.45, 7) is 9.75. The number of quaternary nitrogens is 1. The Morgan fingerprint density at radius 3 is 0.833 bits per heavy atom. The second-order valence-corrected chi connectivity index (χ2v) is 16.0. The summed E-state index contributed by atoms with van der Waals surface area (Å²) >= 11 is 0. The van der Waals surface area contributed by atoms with E-state index >= 15 is 0 Å². The highest BCUT2D eigenvalue weighted by Crippen LogP contribution is 2.17. The van der Waals surface area contributed by atoms with Gasteiger partial charge >= 0.3 is 0 Å². The smallest absolute Gasteiger partial charge is 0.217 e. The average molecular weight is 706 g/mol. The van der Waals surface area contributed by atoms with Crippen molar-refractivity contribution in [1.82, 2.24) is 0 Å². The first-order valence-electron chi connectivity index (χ1n) is 21.3. The topological polar surface area (TPSA) is 86.7 Å². The Balaban J connectivity index is 0. The fraction of sp³-hybridized carbons (Fsp3) is 1.00. The lowest BCUT2D eigenvalue weighted by Gasteiger charge is -2.34. The van der Waals surface area contributed by atoms with Crippen LogP contribution in [-0.2, 0) is 14.6 Å². The van der Waals surface area contributed by atoms with Gasteiger partial charge in [0.1, 0.15) is 6.54 Å². The Bertz CT molecular complexity index is 667. The zero-order valence-electron chi connectivity index (χ0n) is 33.1. The van der Waals surface area contributed by atoms with Crippen molar-refractivity contribution >= 4 is 10.4 Å². The highest BCUT2D eigenvalue weighted by molar-refractivity contribution is 7.80. The SMILES string of the molecule is CCCCCCCCCCCCCCCCCC[N+](C)(CCO)CCCCCCCCCCCCCCCCCC.CCOS(=O)(=O)[O-]. The molecule has 0 aliphatic heterocycles. The molecule has 0 amide bonds. The molecule has 6 nitrogen and oxygen atoms in total. The fourth-order valence-corrected chi connectivity index (χ4v) is 7.09. The minimum absolute atomic E-state index is 0.0914. The van der Waals surface area contributed by atoms with E-state index in [2.05, 4.69) is 25.1 Å². The Morgan fingerprint density at radius 1 is 0.438 bits per heavy atom. The molecule has 0 radical (unpaired) electrons. The van der Waals surface area contributed by atoms with Gasteiger partial charge in [0.05, 0.1) is 33.4 Å². The van der Waals surface area contributed by atoms with E-state index in [4.69, 9.17) is 0 Å². The maximum Gasteiger partial charge on any atom is 0.217 e. The first-order chi connectivity index (χ1) is 23.2. The predicted octanol–water partition coefficient (Wildman–Crippen LogP) is 12.4.